The van der Waals surface area contributed by atoms with Crippen LogP contribution in [0.1, 0.15) is 0 Å². The SMILES string of the molecule is O=C(C1CNC1)N1CCN(c2ccnc3ccccc23)CC1. The first kappa shape index (κ1) is 13.5. The summed E-state index contributed by atoms with van der Waals surface area (Å²) >= 11 is 0. The summed E-state index contributed by atoms with van der Waals surface area (Å²) in [4.78, 5) is 21.1. The number of nitrogens with zero attached hydrogens (tertiary/aromatic N) is 3. The molecule has 0 atom stereocenters. The number of rotatable bonds is 2. The Bertz CT molecular complexity index is 685. The van der Waals surface area contributed by atoms with Gasteiger partial charge in [0.25, 0.3) is 0 Å². The Morgan fingerprint density at radius 2 is 1.86 bits per heavy atom. The first-order valence-electron chi connectivity index (χ1n) is 7.91. The summed E-state index contributed by atoms with van der Waals surface area (Å²) in [7, 11) is 0. The highest BCUT2D eigenvalue weighted by Crippen LogP contribution is 2.26. The van der Waals surface area contributed by atoms with E-state index in [2.05, 4.69) is 33.4 Å². The molecule has 5 heteroatoms. The van der Waals surface area contributed by atoms with Crippen LogP contribution in [0.5, 0.6) is 0 Å². The Hall–Kier alpha value is -2.14. The fourth-order valence-electron chi connectivity index (χ4n) is 3.25. The topological polar surface area (TPSA) is 48.5 Å². The molecule has 0 radical (unpaired) electrons. The number of para-hydroxylation sites is 1. The van der Waals surface area contributed by atoms with Crippen LogP contribution >= 0.6 is 0 Å². The molecule has 0 unspecified atom stereocenters. The van der Waals surface area contributed by atoms with Crippen molar-refractivity contribution in [2.24, 2.45) is 5.92 Å². The number of piperazine rings is 1. The fraction of sp³-hybridized carbons (Fsp3) is 0.412. The van der Waals surface area contributed by atoms with E-state index >= 15 is 0 Å². The van der Waals surface area contributed by atoms with Crippen LogP contribution in [0.3, 0.4) is 0 Å². The summed E-state index contributed by atoms with van der Waals surface area (Å²) in [5.74, 6) is 0.520. The van der Waals surface area contributed by atoms with Gasteiger partial charge in [-0.2, -0.15) is 0 Å². The van der Waals surface area contributed by atoms with Gasteiger partial charge in [-0.1, -0.05) is 18.2 Å². The van der Waals surface area contributed by atoms with E-state index in [1.54, 1.807) is 0 Å². The van der Waals surface area contributed by atoms with Gasteiger partial charge in [0, 0.05) is 56.5 Å². The molecule has 2 aliphatic rings. The van der Waals surface area contributed by atoms with Crippen molar-refractivity contribution in [3.63, 3.8) is 0 Å². The molecule has 4 rings (SSSR count). The van der Waals surface area contributed by atoms with Gasteiger partial charge in [-0.25, -0.2) is 0 Å². The highest BCUT2D eigenvalue weighted by atomic mass is 16.2. The van der Waals surface area contributed by atoms with Crippen LogP contribution in [-0.2, 0) is 4.79 Å². The van der Waals surface area contributed by atoms with Crippen molar-refractivity contribution in [1.29, 1.82) is 0 Å². The minimum absolute atomic E-state index is 0.202. The second-order valence-corrected chi connectivity index (χ2v) is 6.01. The third kappa shape index (κ3) is 2.31. The number of amides is 1. The molecule has 1 amide bonds. The largest absolute Gasteiger partial charge is 0.367 e. The molecule has 1 aromatic carbocycles. The van der Waals surface area contributed by atoms with E-state index in [1.165, 1.54) is 11.1 Å². The van der Waals surface area contributed by atoms with E-state index in [0.29, 0.717) is 5.91 Å². The maximum atomic E-state index is 12.3. The summed E-state index contributed by atoms with van der Waals surface area (Å²) in [6.45, 7) is 5.08. The Labute approximate surface area is 129 Å². The average molecular weight is 296 g/mol. The quantitative estimate of drug-likeness (QED) is 0.902. The van der Waals surface area contributed by atoms with Gasteiger partial charge in [0.05, 0.1) is 11.4 Å². The number of hydrogen-bond donors (Lipinski definition) is 1. The highest BCUT2D eigenvalue weighted by Gasteiger charge is 2.31. The summed E-state index contributed by atoms with van der Waals surface area (Å²) in [6.07, 6.45) is 1.87. The van der Waals surface area contributed by atoms with Gasteiger partial charge < -0.3 is 15.1 Å². The predicted octanol–water partition coefficient (Wildman–Crippen LogP) is 1.10. The zero-order valence-electron chi connectivity index (χ0n) is 12.5. The smallest absolute Gasteiger partial charge is 0.228 e. The molecular weight excluding hydrogens is 276 g/mol. The van der Waals surface area contributed by atoms with Crippen molar-refractivity contribution < 1.29 is 4.79 Å². The number of hydrogen-bond acceptors (Lipinski definition) is 4. The third-order valence-electron chi connectivity index (χ3n) is 4.69. The van der Waals surface area contributed by atoms with E-state index in [1.807, 2.05) is 23.2 Å². The number of carbonyl (C=O) groups is 1. The van der Waals surface area contributed by atoms with Crippen LogP contribution in [0.2, 0.25) is 0 Å². The summed E-state index contributed by atoms with van der Waals surface area (Å²) in [5, 5.41) is 4.36. The molecule has 3 heterocycles. The summed E-state index contributed by atoms with van der Waals surface area (Å²) in [5.41, 5.74) is 2.25. The number of nitrogens with one attached hydrogen (secondary N) is 1. The molecule has 2 fully saturated rings. The van der Waals surface area contributed by atoms with Crippen LogP contribution in [0.25, 0.3) is 10.9 Å². The van der Waals surface area contributed by atoms with Gasteiger partial charge in [-0.05, 0) is 12.1 Å². The van der Waals surface area contributed by atoms with Gasteiger partial charge in [0.2, 0.25) is 5.91 Å². The number of pyridine rings is 1. The van der Waals surface area contributed by atoms with E-state index in [4.69, 9.17) is 0 Å². The van der Waals surface area contributed by atoms with Crippen molar-refractivity contribution in [2.45, 2.75) is 0 Å². The molecule has 5 nitrogen and oxygen atoms in total. The Morgan fingerprint density at radius 1 is 1.09 bits per heavy atom. The van der Waals surface area contributed by atoms with E-state index in [0.717, 1.165) is 44.8 Å². The van der Waals surface area contributed by atoms with Gasteiger partial charge in [0.1, 0.15) is 0 Å². The molecular formula is C17H20N4O. The van der Waals surface area contributed by atoms with Gasteiger partial charge in [-0.15, -0.1) is 0 Å². The van der Waals surface area contributed by atoms with Crippen molar-refractivity contribution in [3.05, 3.63) is 36.5 Å². The molecule has 2 aromatic rings. The molecule has 2 aliphatic heterocycles. The van der Waals surface area contributed by atoms with Crippen LogP contribution < -0.4 is 10.2 Å². The van der Waals surface area contributed by atoms with E-state index < -0.39 is 0 Å². The minimum Gasteiger partial charge on any atom is -0.367 e. The summed E-state index contributed by atoms with van der Waals surface area (Å²) < 4.78 is 0. The molecule has 22 heavy (non-hydrogen) atoms. The molecule has 0 aliphatic carbocycles. The highest BCUT2D eigenvalue weighted by molar-refractivity contribution is 5.91. The van der Waals surface area contributed by atoms with Crippen molar-refractivity contribution in [2.75, 3.05) is 44.2 Å². The van der Waals surface area contributed by atoms with Crippen LogP contribution in [0.4, 0.5) is 5.69 Å². The molecule has 0 bridgehead atoms. The summed E-state index contributed by atoms with van der Waals surface area (Å²) in [6, 6.07) is 10.3. The number of carbonyl (C=O) groups excluding carboxylic acids is 1. The van der Waals surface area contributed by atoms with Crippen molar-refractivity contribution >= 4 is 22.5 Å². The first-order valence-corrected chi connectivity index (χ1v) is 7.91. The lowest BCUT2D eigenvalue weighted by Crippen LogP contribution is -2.56. The molecule has 0 spiro atoms. The normalized spacial score (nSPS) is 19.3. The fourth-order valence-corrected chi connectivity index (χ4v) is 3.25. The molecule has 1 N–H and O–H groups in total. The Balaban J connectivity index is 1.49. The monoisotopic (exact) mass is 296 g/mol. The zero-order chi connectivity index (χ0) is 14.9. The average Bonchev–Trinajstić information content (AvgIpc) is 2.53. The lowest BCUT2D eigenvalue weighted by molar-refractivity contribution is -0.137. The third-order valence-corrected chi connectivity index (χ3v) is 4.69. The number of anilines is 1. The van der Waals surface area contributed by atoms with Crippen molar-refractivity contribution in [1.82, 2.24) is 15.2 Å². The van der Waals surface area contributed by atoms with Crippen LogP contribution in [0, 0.1) is 5.92 Å². The maximum Gasteiger partial charge on any atom is 0.228 e. The minimum atomic E-state index is 0.202. The van der Waals surface area contributed by atoms with Crippen LogP contribution in [-0.4, -0.2) is 55.1 Å². The van der Waals surface area contributed by atoms with Gasteiger partial charge in [0.15, 0.2) is 0 Å². The standard InChI is InChI=1S/C17H20N4O/c22-17(13-11-18-12-13)21-9-7-20(8-10-21)16-5-6-19-15-4-2-1-3-14(15)16/h1-6,13,18H,7-12H2. The van der Waals surface area contributed by atoms with Gasteiger partial charge >= 0.3 is 0 Å². The number of fused-ring (bicyclic) bond motifs is 1. The molecule has 2 saturated heterocycles. The number of aromatic nitrogens is 1. The lowest BCUT2D eigenvalue weighted by Gasteiger charge is -2.39. The van der Waals surface area contributed by atoms with Gasteiger partial charge in [-0.3, -0.25) is 9.78 Å². The first-order chi connectivity index (χ1) is 10.8. The van der Waals surface area contributed by atoms with Crippen molar-refractivity contribution in [3.8, 4) is 0 Å². The van der Waals surface area contributed by atoms with E-state index in [9.17, 15) is 4.79 Å². The Morgan fingerprint density at radius 3 is 2.59 bits per heavy atom. The Kier molecular flexibility index (Phi) is 3.42. The molecule has 0 saturated carbocycles. The number of benzene rings is 1. The zero-order valence-corrected chi connectivity index (χ0v) is 12.5. The molecule has 114 valence electrons. The maximum absolute atomic E-state index is 12.3. The lowest BCUT2D eigenvalue weighted by atomic mass is 10.0. The second-order valence-electron chi connectivity index (χ2n) is 6.01. The van der Waals surface area contributed by atoms with E-state index in [-0.39, 0.29) is 5.92 Å². The second kappa shape index (κ2) is 5.57. The van der Waals surface area contributed by atoms with Crippen LogP contribution in [0.15, 0.2) is 36.5 Å². The predicted molar refractivity (Wildman–Crippen MR) is 86.9 cm³/mol. The molecule has 1 aromatic heterocycles.